The molecule has 1 aromatic rings. The molecule has 5 nitrogen and oxygen atoms in total. The Morgan fingerprint density at radius 3 is 2.56 bits per heavy atom. The maximum atomic E-state index is 14.1. The number of carbonyl (C=O) groups is 2. The average Bonchev–Trinajstić information content (AvgIpc) is 2.52. The minimum atomic E-state index is -2.90. The molecule has 25 heavy (non-hydrogen) atoms. The predicted molar refractivity (Wildman–Crippen MR) is 89.1 cm³/mol. The fourth-order valence-corrected chi connectivity index (χ4v) is 3.32. The van der Waals surface area contributed by atoms with Crippen LogP contribution < -0.4 is 0 Å². The second-order valence-corrected chi connectivity index (χ2v) is 6.94. The second kappa shape index (κ2) is 7.07. The Morgan fingerprint density at radius 1 is 1.40 bits per heavy atom. The molecule has 1 N–H and O–H groups in total. The van der Waals surface area contributed by atoms with Gasteiger partial charge in [0.05, 0.1) is 5.56 Å². The Bertz CT molecular complexity index is 673. The molecule has 1 saturated heterocycles. The van der Waals surface area contributed by atoms with E-state index in [-0.39, 0.29) is 30.6 Å². The van der Waals surface area contributed by atoms with Crippen molar-refractivity contribution in [1.82, 2.24) is 9.80 Å². The summed E-state index contributed by atoms with van der Waals surface area (Å²) in [5.41, 5.74) is 0.737. The lowest BCUT2D eigenvalue weighted by molar-refractivity contribution is -0.170. The molecule has 0 aliphatic carbocycles. The molecule has 1 aliphatic rings. The first-order chi connectivity index (χ1) is 11.5. The first kappa shape index (κ1) is 19.3. The molecule has 1 aromatic carbocycles. The zero-order valence-electron chi connectivity index (χ0n) is 14.9. The predicted octanol–water partition coefficient (Wildman–Crippen LogP) is 2.12. The average molecular weight is 354 g/mol. The van der Waals surface area contributed by atoms with Gasteiger partial charge in [0, 0.05) is 33.1 Å². The third-order valence-corrected chi connectivity index (χ3v) is 4.71. The van der Waals surface area contributed by atoms with Crippen molar-refractivity contribution in [3.63, 3.8) is 0 Å². The van der Waals surface area contributed by atoms with E-state index in [1.165, 1.54) is 21.9 Å². The van der Waals surface area contributed by atoms with E-state index in [4.69, 9.17) is 0 Å². The van der Waals surface area contributed by atoms with E-state index in [1.807, 2.05) is 6.92 Å². The van der Waals surface area contributed by atoms with Crippen LogP contribution in [0.15, 0.2) is 18.2 Å². The van der Waals surface area contributed by atoms with Crippen molar-refractivity contribution in [3.8, 4) is 0 Å². The highest BCUT2D eigenvalue weighted by atomic mass is 19.2. The van der Waals surface area contributed by atoms with Crippen LogP contribution in [0.4, 0.5) is 8.78 Å². The molecule has 0 aromatic heterocycles. The number of hydrogen-bond donors (Lipinski definition) is 1. The first-order valence-electron chi connectivity index (χ1n) is 8.26. The summed E-state index contributed by atoms with van der Waals surface area (Å²) < 4.78 is 27.5. The number of rotatable bonds is 3. The normalized spacial score (nSPS) is 23.1. The highest BCUT2D eigenvalue weighted by Gasteiger charge is 2.39. The lowest BCUT2D eigenvalue weighted by Gasteiger charge is -2.42. The van der Waals surface area contributed by atoms with E-state index in [1.54, 1.807) is 20.0 Å². The summed E-state index contributed by atoms with van der Waals surface area (Å²) in [6.07, 6.45) is 0.429. The van der Waals surface area contributed by atoms with Crippen molar-refractivity contribution in [2.24, 2.45) is 5.92 Å². The van der Waals surface area contributed by atoms with Crippen molar-refractivity contribution >= 4 is 11.8 Å². The van der Waals surface area contributed by atoms with Gasteiger partial charge in [0.2, 0.25) is 0 Å². The van der Waals surface area contributed by atoms with Crippen molar-refractivity contribution in [1.29, 1.82) is 0 Å². The Balaban J connectivity index is 2.09. The van der Waals surface area contributed by atoms with Crippen molar-refractivity contribution < 1.29 is 23.5 Å². The SMILES string of the molecule is Cc1ccc(C(=O)N(C)C2CCN(C(=O)C(C)(O)F)CC2C)c(F)c1. The lowest BCUT2D eigenvalue weighted by Crippen LogP contribution is -2.55. The van der Waals surface area contributed by atoms with Crippen LogP contribution >= 0.6 is 0 Å². The fourth-order valence-electron chi connectivity index (χ4n) is 3.32. The number of benzene rings is 1. The van der Waals surface area contributed by atoms with E-state index in [0.29, 0.717) is 6.42 Å². The maximum absolute atomic E-state index is 14.1. The van der Waals surface area contributed by atoms with Crippen molar-refractivity contribution in [3.05, 3.63) is 35.1 Å². The summed E-state index contributed by atoms with van der Waals surface area (Å²) in [5.74, 6) is -5.00. The lowest BCUT2D eigenvalue weighted by atomic mass is 9.91. The number of piperidine rings is 1. The first-order valence-corrected chi connectivity index (χ1v) is 8.26. The third kappa shape index (κ3) is 4.15. The fraction of sp³-hybridized carbons (Fsp3) is 0.556. The number of hydrogen-bond acceptors (Lipinski definition) is 3. The number of aryl methyl sites for hydroxylation is 1. The van der Waals surface area contributed by atoms with Crippen LogP contribution in [-0.2, 0) is 4.79 Å². The van der Waals surface area contributed by atoms with Gasteiger partial charge in [0.15, 0.2) is 0 Å². The van der Waals surface area contributed by atoms with Crippen LogP contribution in [0.3, 0.4) is 0 Å². The summed E-state index contributed by atoms with van der Waals surface area (Å²) in [6.45, 7) is 4.84. The number of likely N-dealkylation sites (tertiary alicyclic amines) is 1. The summed E-state index contributed by atoms with van der Waals surface area (Å²) in [7, 11) is 1.60. The molecule has 2 amide bonds. The van der Waals surface area contributed by atoms with E-state index >= 15 is 0 Å². The van der Waals surface area contributed by atoms with Gasteiger partial charge in [-0.15, -0.1) is 0 Å². The molecular weight excluding hydrogens is 330 g/mol. The van der Waals surface area contributed by atoms with Gasteiger partial charge in [-0.05, 0) is 37.0 Å². The summed E-state index contributed by atoms with van der Waals surface area (Å²) in [5, 5.41) is 9.23. The van der Waals surface area contributed by atoms with Gasteiger partial charge in [-0.25, -0.2) is 8.78 Å². The summed E-state index contributed by atoms with van der Waals surface area (Å²) >= 11 is 0. The van der Waals surface area contributed by atoms with Crippen molar-refractivity contribution in [2.75, 3.05) is 20.1 Å². The van der Waals surface area contributed by atoms with Gasteiger partial charge in [0.1, 0.15) is 5.82 Å². The van der Waals surface area contributed by atoms with Crippen LogP contribution in [-0.4, -0.2) is 58.8 Å². The zero-order valence-corrected chi connectivity index (χ0v) is 14.9. The highest BCUT2D eigenvalue weighted by molar-refractivity contribution is 5.94. The molecule has 0 spiro atoms. The monoisotopic (exact) mass is 354 g/mol. The van der Waals surface area contributed by atoms with Gasteiger partial charge in [-0.3, -0.25) is 9.59 Å². The highest BCUT2D eigenvalue weighted by Crippen LogP contribution is 2.25. The van der Waals surface area contributed by atoms with Crippen LogP contribution in [0, 0.1) is 18.7 Å². The maximum Gasteiger partial charge on any atom is 0.287 e. The van der Waals surface area contributed by atoms with Crippen LogP contribution in [0.5, 0.6) is 0 Å². The van der Waals surface area contributed by atoms with E-state index in [0.717, 1.165) is 12.5 Å². The van der Waals surface area contributed by atoms with Gasteiger partial charge in [0.25, 0.3) is 17.7 Å². The quantitative estimate of drug-likeness (QED) is 0.905. The molecule has 1 heterocycles. The number of carbonyl (C=O) groups excluding carboxylic acids is 2. The van der Waals surface area contributed by atoms with Gasteiger partial charge < -0.3 is 14.9 Å². The molecule has 1 aliphatic heterocycles. The number of alkyl halides is 1. The smallest absolute Gasteiger partial charge is 0.287 e. The summed E-state index contributed by atoms with van der Waals surface area (Å²) in [6, 6.07) is 4.25. The molecule has 7 heteroatoms. The van der Waals surface area contributed by atoms with Gasteiger partial charge in [-0.2, -0.15) is 0 Å². The molecule has 0 bridgehead atoms. The number of aliphatic hydroxyl groups is 1. The molecule has 0 radical (unpaired) electrons. The molecule has 3 atom stereocenters. The van der Waals surface area contributed by atoms with Gasteiger partial charge in [-0.1, -0.05) is 13.0 Å². The molecule has 3 unspecified atom stereocenters. The van der Waals surface area contributed by atoms with Crippen molar-refractivity contribution in [2.45, 2.75) is 39.1 Å². The zero-order chi connectivity index (χ0) is 18.9. The third-order valence-electron chi connectivity index (χ3n) is 4.71. The van der Waals surface area contributed by atoms with E-state index in [9.17, 15) is 23.5 Å². The number of halogens is 2. The topological polar surface area (TPSA) is 60.9 Å². The molecule has 2 rings (SSSR count). The van der Waals surface area contributed by atoms with Crippen LogP contribution in [0.1, 0.15) is 36.2 Å². The molecule has 1 fully saturated rings. The Hall–Kier alpha value is -2.02. The molecule has 0 saturated carbocycles. The minimum absolute atomic E-state index is 0.00509. The number of amides is 2. The second-order valence-electron chi connectivity index (χ2n) is 6.94. The standard InChI is InChI=1S/C18H24F2N2O3/c1-11-5-6-13(14(19)9-11)16(23)21(4)15-7-8-22(10-12(15)2)17(24)18(3,20)25/h5-6,9,12,15,25H,7-8,10H2,1-4H3. The molecule has 138 valence electrons. The van der Waals surface area contributed by atoms with E-state index < -0.39 is 23.5 Å². The van der Waals surface area contributed by atoms with Crippen LogP contribution in [0.25, 0.3) is 0 Å². The molecular formula is C18H24F2N2O3. The van der Waals surface area contributed by atoms with E-state index in [2.05, 4.69) is 0 Å². The Kier molecular flexibility index (Phi) is 5.46. The summed E-state index contributed by atoms with van der Waals surface area (Å²) in [4.78, 5) is 27.2. The largest absolute Gasteiger partial charge is 0.355 e. The van der Waals surface area contributed by atoms with Crippen LogP contribution in [0.2, 0.25) is 0 Å². The Labute approximate surface area is 146 Å². The Morgan fingerprint density at radius 2 is 2.04 bits per heavy atom. The minimum Gasteiger partial charge on any atom is -0.355 e. The van der Waals surface area contributed by atoms with Gasteiger partial charge >= 0.3 is 0 Å². The number of nitrogens with zero attached hydrogens (tertiary/aromatic N) is 2.